The number of methoxy groups -OCH3 is 1. The molecule has 2 atom stereocenters. The summed E-state index contributed by atoms with van der Waals surface area (Å²) >= 11 is 0. The van der Waals surface area contributed by atoms with Crippen LogP contribution in [0, 0.1) is 5.82 Å². The van der Waals surface area contributed by atoms with E-state index in [9.17, 15) is 13.6 Å². The minimum Gasteiger partial charge on any atom is -0.465 e. The molecule has 1 aromatic rings. The second-order valence-corrected chi connectivity index (χ2v) is 3.92. The van der Waals surface area contributed by atoms with Crippen molar-refractivity contribution in [3.63, 3.8) is 0 Å². The summed E-state index contributed by atoms with van der Waals surface area (Å²) in [6.07, 6.45) is -0.619. The van der Waals surface area contributed by atoms with Crippen LogP contribution in [0.15, 0.2) is 12.1 Å². The fourth-order valence-electron chi connectivity index (χ4n) is 1.51. The second-order valence-electron chi connectivity index (χ2n) is 3.92. The number of nitrogens with two attached hydrogens (primary N) is 1. The van der Waals surface area contributed by atoms with Crippen molar-refractivity contribution in [2.75, 3.05) is 18.2 Å². The topological polar surface area (TPSA) is 64.3 Å². The number of anilines is 2. The van der Waals surface area contributed by atoms with E-state index in [1.165, 1.54) is 13.2 Å². The molecule has 0 radical (unpaired) electrons. The monoisotopic (exact) mass is 242 g/mol. The summed E-state index contributed by atoms with van der Waals surface area (Å²) in [4.78, 5) is 11.2. The lowest BCUT2D eigenvalue weighted by Gasteiger charge is -2.10. The van der Waals surface area contributed by atoms with E-state index in [2.05, 4.69) is 10.1 Å². The Morgan fingerprint density at radius 3 is 2.71 bits per heavy atom. The highest BCUT2D eigenvalue weighted by Gasteiger charge is 2.38. The van der Waals surface area contributed by atoms with E-state index >= 15 is 0 Å². The third-order valence-electron chi connectivity index (χ3n) is 2.58. The van der Waals surface area contributed by atoms with Crippen molar-refractivity contribution >= 4 is 17.3 Å². The molecule has 0 aromatic heterocycles. The van der Waals surface area contributed by atoms with Crippen LogP contribution in [0.3, 0.4) is 0 Å². The molecule has 0 amide bonds. The number of esters is 1. The Morgan fingerprint density at radius 2 is 2.24 bits per heavy atom. The van der Waals surface area contributed by atoms with Crippen LogP contribution < -0.4 is 11.1 Å². The lowest BCUT2D eigenvalue weighted by Crippen LogP contribution is -2.11. The Labute approximate surface area is 96.7 Å². The molecule has 4 nitrogen and oxygen atoms in total. The van der Waals surface area contributed by atoms with Crippen molar-refractivity contribution in [1.82, 2.24) is 0 Å². The maximum absolute atomic E-state index is 13.7. The highest BCUT2D eigenvalue weighted by molar-refractivity contribution is 5.92. The number of hydrogen-bond acceptors (Lipinski definition) is 4. The Morgan fingerprint density at radius 1 is 1.59 bits per heavy atom. The number of benzene rings is 1. The smallest absolute Gasteiger partial charge is 0.338 e. The van der Waals surface area contributed by atoms with Gasteiger partial charge in [0.25, 0.3) is 0 Å². The van der Waals surface area contributed by atoms with E-state index < -0.39 is 24.0 Å². The Balaban J connectivity index is 2.25. The molecule has 1 aliphatic rings. The van der Waals surface area contributed by atoms with Gasteiger partial charge in [-0.1, -0.05) is 0 Å². The zero-order chi connectivity index (χ0) is 12.6. The summed E-state index contributed by atoms with van der Waals surface area (Å²) in [6.45, 7) is 0. The molecular formula is C11H12F2N2O2. The molecule has 1 aliphatic carbocycles. The van der Waals surface area contributed by atoms with Gasteiger partial charge in [0.2, 0.25) is 0 Å². The average Bonchev–Trinajstić information content (AvgIpc) is 2.98. The minimum absolute atomic E-state index is 0.0284. The van der Waals surface area contributed by atoms with E-state index in [1.807, 2.05) is 0 Å². The maximum atomic E-state index is 13.7. The first-order chi connectivity index (χ1) is 8.02. The van der Waals surface area contributed by atoms with E-state index in [4.69, 9.17) is 5.73 Å². The van der Waals surface area contributed by atoms with Crippen LogP contribution in [-0.4, -0.2) is 25.3 Å². The highest BCUT2D eigenvalue weighted by Crippen LogP contribution is 2.33. The third-order valence-corrected chi connectivity index (χ3v) is 2.58. The lowest BCUT2D eigenvalue weighted by molar-refractivity contribution is 0.0600. The van der Waals surface area contributed by atoms with Crippen LogP contribution in [-0.2, 0) is 4.74 Å². The number of nitrogens with one attached hydrogen (secondary N) is 1. The minimum atomic E-state index is -0.964. The Bertz CT molecular complexity index is 442. The van der Waals surface area contributed by atoms with Gasteiger partial charge in [-0.05, 0) is 12.1 Å². The van der Waals surface area contributed by atoms with Crippen LogP contribution in [0.25, 0.3) is 0 Å². The zero-order valence-corrected chi connectivity index (χ0v) is 9.17. The van der Waals surface area contributed by atoms with Crippen LogP contribution in [0.1, 0.15) is 16.8 Å². The quantitative estimate of drug-likeness (QED) is 0.625. The molecule has 1 fully saturated rings. The van der Waals surface area contributed by atoms with Gasteiger partial charge in [0, 0.05) is 6.42 Å². The van der Waals surface area contributed by atoms with Gasteiger partial charge in [0.15, 0.2) is 0 Å². The average molecular weight is 242 g/mol. The molecule has 0 heterocycles. The summed E-state index contributed by atoms with van der Waals surface area (Å²) < 4.78 is 30.8. The standard InChI is InChI=1S/C11H12F2N2O2/c1-17-11(16)5-2-7(13)10(8(14)3-5)15-9-4-6(9)12/h2-3,6,9,15H,4,14H2,1H3. The number of carbonyl (C=O) groups excluding carboxylic acids is 1. The summed E-state index contributed by atoms with van der Waals surface area (Å²) in [5, 5.41) is 2.66. The first-order valence-electron chi connectivity index (χ1n) is 5.11. The first-order valence-corrected chi connectivity index (χ1v) is 5.11. The van der Waals surface area contributed by atoms with Crippen LogP contribution in [0.2, 0.25) is 0 Å². The van der Waals surface area contributed by atoms with Gasteiger partial charge in [-0.2, -0.15) is 0 Å². The molecule has 92 valence electrons. The molecule has 0 bridgehead atoms. The van der Waals surface area contributed by atoms with Gasteiger partial charge in [-0.25, -0.2) is 13.6 Å². The fourth-order valence-corrected chi connectivity index (χ4v) is 1.51. The van der Waals surface area contributed by atoms with Crippen molar-refractivity contribution in [3.8, 4) is 0 Å². The Hall–Kier alpha value is -1.85. The summed E-state index contributed by atoms with van der Waals surface area (Å²) in [5.74, 6) is -1.36. The largest absolute Gasteiger partial charge is 0.465 e. The number of halogens is 2. The molecule has 6 heteroatoms. The molecule has 1 aromatic carbocycles. The maximum Gasteiger partial charge on any atom is 0.338 e. The lowest BCUT2D eigenvalue weighted by atomic mass is 10.1. The van der Waals surface area contributed by atoms with Gasteiger partial charge in [-0.15, -0.1) is 0 Å². The van der Waals surface area contributed by atoms with Gasteiger partial charge in [0.05, 0.1) is 30.1 Å². The molecule has 2 unspecified atom stereocenters. The fraction of sp³-hybridized carbons (Fsp3) is 0.364. The predicted octanol–water partition coefficient (Wildman–Crippen LogP) is 1.72. The second kappa shape index (κ2) is 4.20. The van der Waals surface area contributed by atoms with Gasteiger partial charge in [0.1, 0.15) is 12.0 Å². The number of carbonyl (C=O) groups is 1. The molecule has 3 N–H and O–H groups in total. The van der Waals surface area contributed by atoms with Gasteiger partial charge < -0.3 is 15.8 Å². The van der Waals surface area contributed by atoms with E-state index in [0.29, 0.717) is 6.42 Å². The number of rotatable bonds is 3. The molecule has 1 saturated carbocycles. The van der Waals surface area contributed by atoms with Crippen molar-refractivity contribution in [2.24, 2.45) is 0 Å². The molecule has 0 saturated heterocycles. The molecule has 0 aliphatic heterocycles. The van der Waals surface area contributed by atoms with Crippen molar-refractivity contribution in [1.29, 1.82) is 0 Å². The van der Waals surface area contributed by atoms with Crippen molar-refractivity contribution in [3.05, 3.63) is 23.5 Å². The number of hydrogen-bond donors (Lipinski definition) is 2. The zero-order valence-electron chi connectivity index (χ0n) is 9.17. The van der Waals surface area contributed by atoms with Gasteiger partial charge >= 0.3 is 5.97 Å². The van der Waals surface area contributed by atoms with Crippen LogP contribution in [0.5, 0.6) is 0 Å². The van der Waals surface area contributed by atoms with Crippen LogP contribution >= 0.6 is 0 Å². The first kappa shape index (κ1) is 11.6. The summed E-state index contributed by atoms with van der Waals surface area (Å²) in [7, 11) is 1.19. The SMILES string of the molecule is COC(=O)c1cc(N)c(NC2CC2F)c(F)c1. The van der Waals surface area contributed by atoms with E-state index in [0.717, 1.165) is 6.07 Å². The third kappa shape index (κ3) is 2.30. The molecule has 0 spiro atoms. The van der Waals surface area contributed by atoms with Crippen LogP contribution in [0.4, 0.5) is 20.2 Å². The van der Waals surface area contributed by atoms with Crippen molar-refractivity contribution in [2.45, 2.75) is 18.6 Å². The normalized spacial score (nSPS) is 22.1. The van der Waals surface area contributed by atoms with Gasteiger partial charge in [-0.3, -0.25) is 0 Å². The molecular weight excluding hydrogens is 230 g/mol. The number of ether oxygens (including phenoxy) is 1. The number of nitrogen functional groups attached to an aromatic ring is 1. The Kier molecular flexibility index (Phi) is 2.87. The predicted molar refractivity (Wildman–Crippen MR) is 59.1 cm³/mol. The van der Waals surface area contributed by atoms with E-state index in [-0.39, 0.29) is 16.9 Å². The molecule has 2 rings (SSSR count). The van der Waals surface area contributed by atoms with E-state index in [1.54, 1.807) is 0 Å². The molecule has 17 heavy (non-hydrogen) atoms. The summed E-state index contributed by atoms with van der Waals surface area (Å²) in [6, 6.07) is 1.92. The number of alkyl halides is 1. The summed E-state index contributed by atoms with van der Waals surface area (Å²) in [5.41, 5.74) is 5.72. The highest BCUT2D eigenvalue weighted by atomic mass is 19.1. The van der Waals surface area contributed by atoms with Crippen molar-refractivity contribution < 1.29 is 18.3 Å².